The van der Waals surface area contributed by atoms with Crippen LogP contribution < -0.4 is 0 Å². The van der Waals surface area contributed by atoms with Crippen molar-refractivity contribution < 1.29 is 9.47 Å². The van der Waals surface area contributed by atoms with Crippen molar-refractivity contribution in [3.05, 3.63) is 24.3 Å². The molecule has 0 heterocycles. The lowest BCUT2D eigenvalue weighted by atomic mass is 10.1. The summed E-state index contributed by atoms with van der Waals surface area (Å²) in [4.78, 5) is 2.22. The molecule has 3 nitrogen and oxygen atoms in total. The first-order chi connectivity index (χ1) is 15.2. The van der Waals surface area contributed by atoms with E-state index in [-0.39, 0.29) is 0 Å². The van der Waals surface area contributed by atoms with Crippen LogP contribution in [0.25, 0.3) is 0 Å². The first-order valence-corrected chi connectivity index (χ1v) is 13.3. The normalized spacial score (nSPS) is 13.2. The highest BCUT2D eigenvalue weighted by atomic mass is 16.5. The molecule has 0 fully saturated rings. The number of likely N-dealkylation sites (N-methyl/N-ethyl adjacent to an activating group) is 1. The Morgan fingerprint density at radius 1 is 0.581 bits per heavy atom. The second-order valence-electron chi connectivity index (χ2n) is 9.06. The molecule has 0 aliphatic rings. The van der Waals surface area contributed by atoms with Crippen LogP contribution in [-0.2, 0) is 9.47 Å². The molecule has 0 saturated heterocycles. The Morgan fingerprint density at radius 2 is 1.03 bits per heavy atom. The first-order valence-electron chi connectivity index (χ1n) is 13.3. The van der Waals surface area contributed by atoms with Crippen molar-refractivity contribution in [1.82, 2.24) is 4.90 Å². The van der Waals surface area contributed by atoms with E-state index in [1.807, 2.05) is 0 Å². The molecule has 1 atom stereocenters. The molecule has 31 heavy (non-hydrogen) atoms. The van der Waals surface area contributed by atoms with Gasteiger partial charge in [-0.15, -0.1) is 0 Å². The monoisotopic (exact) mass is 437 g/mol. The molecule has 0 aliphatic carbocycles. The Balaban J connectivity index is 3.41. The summed E-state index contributed by atoms with van der Waals surface area (Å²) < 4.78 is 11.7. The molecule has 3 heteroatoms. The van der Waals surface area contributed by atoms with Crippen LogP contribution in [0.5, 0.6) is 0 Å². The first kappa shape index (κ1) is 30.4. The van der Waals surface area contributed by atoms with E-state index in [9.17, 15) is 0 Å². The quantitative estimate of drug-likeness (QED) is 0.113. The van der Waals surface area contributed by atoms with Gasteiger partial charge in [0.1, 0.15) is 0 Å². The third-order valence-electron chi connectivity index (χ3n) is 5.73. The van der Waals surface area contributed by atoms with Crippen LogP contribution in [0.1, 0.15) is 110 Å². The van der Waals surface area contributed by atoms with E-state index in [4.69, 9.17) is 9.47 Å². The summed E-state index contributed by atoms with van der Waals surface area (Å²) in [6, 6.07) is 0.367. The summed E-state index contributed by atoms with van der Waals surface area (Å²) in [5, 5.41) is 0. The number of rotatable bonds is 24. The maximum atomic E-state index is 5.92. The average molecular weight is 438 g/mol. The van der Waals surface area contributed by atoms with Gasteiger partial charge in [-0.3, -0.25) is 0 Å². The maximum absolute atomic E-state index is 5.92. The van der Waals surface area contributed by atoms with Crippen LogP contribution in [0.3, 0.4) is 0 Å². The molecule has 0 aromatic rings. The SMILES string of the molecule is CCCCC/C=C\C/C=C\CCCCCCCCOCC(COCCCCC)N(C)C. The van der Waals surface area contributed by atoms with E-state index in [0.29, 0.717) is 6.04 Å². The zero-order valence-corrected chi connectivity index (χ0v) is 21.6. The van der Waals surface area contributed by atoms with Crippen LogP contribution in [0, 0.1) is 0 Å². The highest BCUT2D eigenvalue weighted by molar-refractivity contribution is 4.92. The summed E-state index contributed by atoms with van der Waals surface area (Å²) >= 11 is 0. The molecule has 0 bridgehead atoms. The smallest absolute Gasteiger partial charge is 0.0644 e. The fourth-order valence-electron chi connectivity index (χ4n) is 3.43. The second kappa shape index (κ2) is 25.6. The van der Waals surface area contributed by atoms with E-state index >= 15 is 0 Å². The van der Waals surface area contributed by atoms with Crippen molar-refractivity contribution >= 4 is 0 Å². The van der Waals surface area contributed by atoms with Crippen molar-refractivity contribution in [1.29, 1.82) is 0 Å². The molecule has 0 N–H and O–H groups in total. The minimum atomic E-state index is 0.367. The van der Waals surface area contributed by atoms with Gasteiger partial charge in [-0.05, 0) is 59.0 Å². The number of nitrogens with zero attached hydrogens (tertiary/aromatic N) is 1. The molecule has 184 valence electrons. The lowest BCUT2D eigenvalue weighted by Crippen LogP contribution is -2.37. The van der Waals surface area contributed by atoms with Gasteiger partial charge in [-0.2, -0.15) is 0 Å². The van der Waals surface area contributed by atoms with Crippen molar-refractivity contribution in [3.8, 4) is 0 Å². The summed E-state index contributed by atoms with van der Waals surface area (Å²) in [6.45, 7) is 7.81. The van der Waals surface area contributed by atoms with E-state index in [1.165, 1.54) is 89.9 Å². The van der Waals surface area contributed by atoms with Gasteiger partial charge < -0.3 is 14.4 Å². The third-order valence-corrected chi connectivity index (χ3v) is 5.73. The van der Waals surface area contributed by atoms with Gasteiger partial charge in [-0.1, -0.05) is 89.5 Å². The molecule has 0 amide bonds. The Labute approximate surface area is 195 Å². The Morgan fingerprint density at radius 3 is 1.58 bits per heavy atom. The van der Waals surface area contributed by atoms with Crippen molar-refractivity contribution in [3.63, 3.8) is 0 Å². The molecule has 0 saturated carbocycles. The minimum absolute atomic E-state index is 0.367. The highest BCUT2D eigenvalue weighted by Crippen LogP contribution is 2.09. The molecule has 0 rings (SSSR count). The van der Waals surface area contributed by atoms with Crippen LogP contribution in [0.4, 0.5) is 0 Å². The summed E-state index contributed by atoms with van der Waals surface area (Å²) in [5.74, 6) is 0. The fraction of sp³-hybridized carbons (Fsp3) is 0.857. The molecular formula is C28H55NO2. The number of hydrogen-bond acceptors (Lipinski definition) is 3. The largest absolute Gasteiger partial charge is 0.380 e. The zero-order chi connectivity index (χ0) is 22.8. The van der Waals surface area contributed by atoms with Crippen LogP contribution in [0.2, 0.25) is 0 Å². The number of ether oxygens (including phenoxy) is 2. The van der Waals surface area contributed by atoms with Gasteiger partial charge in [-0.25, -0.2) is 0 Å². The van der Waals surface area contributed by atoms with Crippen LogP contribution in [-0.4, -0.2) is 51.5 Å². The maximum Gasteiger partial charge on any atom is 0.0644 e. The predicted molar refractivity (Wildman–Crippen MR) is 138 cm³/mol. The zero-order valence-electron chi connectivity index (χ0n) is 21.6. The highest BCUT2D eigenvalue weighted by Gasteiger charge is 2.11. The number of allylic oxidation sites excluding steroid dienone is 4. The Hall–Kier alpha value is -0.640. The molecule has 0 aliphatic heterocycles. The van der Waals surface area contributed by atoms with Gasteiger partial charge in [0.15, 0.2) is 0 Å². The fourth-order valence-corrected chi connectivity index (χ4v) is 3.43. The third kappa shape index (κ3) is 23.8. The van der Waals surface area contributed by atoms with Crippen LogP contribution >= 0.6 is 0 Å². The molecule has 0 aromatic heterocycles. The second-order valence-corrected chi connectivity index (χ2v) is 9.06. The molecular weight excluding hydrogens is 382 g/mol. The standard InChI is InChI=1S/C28H55NO2/c1-5-7-9-10-11-12-13-14-15-16-17-18-19-20-21-23-25-31-27-28(29(3)4)26-30-24-22-8-6-2/h11-12,14-15,28H,5-10,13,16-27H2,1-4H3/b12-11-,15-14-. The van der Waals surface area contributed by atoms with Crippen molar-refractivity contribution in [2.24, 2.45) is 0 Å². The van der Waals surface area contributed by atoms with Crippen LogP contribution in [0.15, 0.2) is 24.3 Å². The van der Waals surface area contributed by atoms with Gasteiger partial charge in [0, 0.05) is 13.2 Å². The molecule has 0 radical (unpaired) electrons. The average Bonchev–Trinajstić information content (AvgIpc) is 2.76. The predicted octanol–water partition coefficient (Wildman–Crippen LogP) is 7.95. The lowest BCUT2D eigenvalue weighted by molar-refractivity contribution is 0.0198. The molecule has 0 aromatic carbocycles. The minimum Gasteiger partial charge on any atom is -0.380 e. The number of hydrogen-bond donors (Lipinski definition) is 0. The number of unbranched alkanes of at least 4 members (excludes halogenated alkanes) is 11. The summed E-state index contributed by atoms with van der Waals surface area (Å²) in [5.41, 5.74) is 0. The van der Waals surface area contributed by atoms with E-state index < -0.39 is 0 Å². The lowest BCUT2D eigenvalue weighted by Gasteiger charge is -2.24. The summed E-state index contributed by atoms with van der Waals surface area (Å²) in [7, 11) is 4.23. The van der Waals surface area contributed by atoms with E-state index in [0.717, 1.165) is 32.8 Å². The molecule has 1 unspecified atom stereocenters. The van der Waals surface area contributed by atoms with Crippen molar-refractivity contribution in [2.75, 3.05) is 40.5 Å². The van der Waals surface area contributed by atoms with Gasteiger partial charge in [0.2, 0.25) is 0 Å². The van der Waals surface area contributed by atoms with Gasteiger partial charge in [0.05, 0.1) is 19.3 Å². The van der Waals surface area contributed by atoms with E-state index in [1.54, 1.807) is 0 Å². The van der Waals surface area contributed by atoms with Gasteiger partial charge >= 0.3 is 0 Å². The van der Waals surface area contributed by atoms with Gasteiger partial charge in [0.25, 0.3) is 0 Å². The van der Waals surface area contributed by atoms with E-state index in [2.05, 4.69) is 57.1 Å². The Kier molecular flexibility index (Phi) is 25.1. The topological polar surface area (TPSA) is 21.7 Å². The Bertz CT molecular complexity index is 392. The summed E-state index contributed by atoms with van der Waals surface area (Å²) in [6.07, 6.45) is 28.5. The molecule has 0 spiro atoms. The van der Waals surface area contributed by atoms with Crippen molar-refractivity contribution in [2.45, 2.75) is 116 Å².